The van der Waals surface area contributed by atoms with Crippen LogP contribution < -0.4 is 4.74 Å². The van der Waals surface area contributed by atoms with Crippen molar-refractivity contribution in [2.45, 2.75) is 31.8 Å². The van der Waals surface area contributed by atoms with Gasteiger partial charge in [0.25, 0.3) is 0 Å². The summed E-state index contributed by atoms with van der Waals surface area (Å²) >= 11 is 0. The summed E-state index contributed by atoms with van der Waals surface area (Å²) in [5.41, 5.74) is 2.68. The zero-order valence-electron chi connectivity index (χ0n) is 18.1. The standard InChI is InChI=1S/C27H25F3O2/c1-3-4-21-11-9-20(16-32-21)19-10-12-22(24(28)15-19)17-5-7-18(8-6-17)23-13-14-25(31-2)27(30)26(23)29/h3-8,10,12-15,20-21H,9,11,16H2,1-2H3/b4-3+. The molecule has 5 heteroatoms. The summed E-state index contributed by atoms with van der Waals surface area (Å²) in [6, 6.07) is 14.9. The molecule has 1 fully saturated rings. The van der Waals surface area contributed by atoms with E-state index in [0.29, 0.717) is 23.3 Å². The summed E-state index contributed by atoms with van der Waals surface area (Å²) in [5, 5.41) is 0. The molecule has 4 rings (SSSR count). The van der Waals surface area contributed by atoms with Crippen LogP contribution in [0.4, 0.5) is 13.2 Å². The fourth-order valence-corrected chi connectivity index (χ4v) is 4.16. The molecule has 3 aromatic carbocycles. The van der Waals surface area contributed by atoms with Crippen LogP contribution in [0.3, 0.4) is 0 Å². The quantitative estimate of drug-likeness (QED) is 0.390. The first-order valence-corrected chi connectivity index (χ1v) is 10.7. The summed E-state index contributed by atoms with van der Waals surface area (Å²) in [6.07, 6.45) is 6.05. The fraction of sp³-hybridized carbons (Fsp3) is 0.259. The van der Waals surface area contributed by atoms with Gasteiger partial charge in [0.15, 0.2) is 11.6 Å². The number of hydrogen-bond donors (Lipinski definition) is 0. The lowest BCUT2D eigenvalue weighted by Gasteiger charge is -2.28. The lowest BCUT2D eigenvalue weighted by Crippen LogP contribution is -2.23. The second-order valence-electron chi connectivity index (χ2n) is 7.93. The van der Waals surface area contributed by atoms with Crippen molar-refractivity contribution >= 4 is 0 Å². The second-order valence-corrected chi connectivity index (χ2v) is 7.93. The third kappa shape index (κ3) is 4.44. The van der Waals surface area contributed by atoms with E-state index in [-0.39, 0.29) is 29.2 Å². The summed E-state index contributed by atoms with van der Waals surface area (Å²) in [6.45, 7) is 2.55. The van der Waals surface area contributed by atoms with Crippen LogP contribution in [0.2, 0.25) is 0 Å². The number of rotatable bonds is 5. The van der Waals surface area contributed by atoms with Crippen LogP contribution in [-0.2, 0) is 4.74 Å². The van der Waals surface area contributed by atoms with Crippen LogP contribution >= 0.6 is 0 Å². The zero-order valence-corrected chi connectivity index (χ0v) is 18.1. The lowest BCUT2D eigenvalue weighted by molar-refractivity contribution is 0.0326. The van der Waals surface area contributed by atoms with Gasteiger partial charge in [0.05, 0.1) is 19.8 Å². The van der Waals surface area contributed by atoms with Crippen molar-refractivity contribution in [3.05, 3.63) is 89.8 Å². The highest BCUT2D eigenvalue weighted by molar-refractivity contribution is 5.71. The monoisotopic (exact) mass is 438 g/mol. The van der Waals surface area contributed by atoms with Crippen LogP contribution in [0.15, 0.2) is 66.7 Å². The SMILES string of the molecule is C/C=C/C1CCC(c2ccc(-c3ccc(-c4ccc(OC)c(F)c4F)cc3)c(F)c2)CO1. The van der Waals surface area contributed by atoms with E-state index < -0.39 is 11.6 Å². The molecule has 0 saturated carbocycles. The Morgan fingerprint density at radius 2 is 1.56 bits per heavy atom. The van der Waals surface area contributed by atoms with E-state index in [1.165, 1.54) is 19.2 Å². The Balaban J connectivity index is 1.53. The number of halogens is 3. The zero-order chi connectivity index (χ0) is 22.7. The molecule has 0 spiro atoms. The van der Waals surface area contributed by atoms with Gasteiger partial charge in [-0.05, 0) is 54.7 Å². The fourth-order valence-electron chi connectivity index (χ4n) is 4.16. The van der Waals surface area contributed by atoms with Gasteiger partial charge in [0.1, 0.15) is 5.82 Å². The molecule has 1 aliphatic heterocycles. The van der Waals surface area contributed by atoms with Gasteiger partial charge in [-0.25, -0.2) is 8.78 Å². The summed E-state index contributed by atoms with van der Waals surface area (Å²) in [4.78, 5) is 0. The van der Waals surface area contributed by atoms with Gasteiger partial charge in [-0.2, -0.15) is 4.39 Å². The maximum Gasteiger partial charge on any atom is 0.201 e. The van der Waals surface area contributed by atoms with Gasteiger partial charge in [-0.1, -0.05) is 48.6 Å². The number of benzene rings is 3. The minimum absolute atomic E-state index is 0.124. The summed E-state index contributed by atoms with van der Waals surface area (Å²) < 4.78 is 54.0. The number of methoxy groups -OCH3 is 1. The van der Waals surface area contributed by atoms with Crippen LogP contribution in [0.25, 0.3) is 22.3 Å². The predicted molar refractivity (Wildman–Crippen MR) is 120 cm³/mol. The number of ether oxygens (including phenoxy) is 2. The molecule has 2 atom stereocenters. The molecule has 1 aliphatic rings. The molecule has 32 heavy (non-hydrogen) atoms. The molecule has 0 N–H and O–H groups in total. The molecule has 1 heterocycles. The summed E-state index contributed by atoms with van der Waals surface area (Å²) in [5.74, 6) is -2.29. The Morgan fingerprint density at radius 3 is 2.16 bits per heavy atom. The van der Waals surface area contributed by atoms with E-state index in [9.17, 15) is 13.2 Å². The number of hydrogen-bond acceptors (Lipinski definition) is 2. The average molecular weight is 438 g/mol. The van der Waals surface area contributed by atoms with Crippen molar-refractivity contribution in [1.29, 1.82) is 0 Å². The molecule has 0 radical (unpaired) electrons. The molecule has 2 unspecified atom stereocenters. The highest BCUT2D eigenvalue weighted by Crippen LogP contribution is 2.34. The van der Waals surface area contributed by atoms with Crippen molar-refractivity contribution in [1.82, 2.24) is 0 Å². The minimum Gasteiger partial charge on any atom is -0.494 e. The van der Waals surface area contributed by atoms with E-state index in [0.717, 1.165) is 18.4 Å². The van der Waals surface area contributed by atoms with E-state index in [2.05, 4.69) is 6.08 Å². The minimum atomic E-state index is -1.03. The third-order valence-electron chi connectivity index (χ3n) is 5.96. The van der Waals surface area contributed by atoms with E-state index in [1.54, 1.807) is 36.4 Å². The molecule has 166 valence electrons. The van der Waals surface area contributed by atoms with Crippen LogP contribution in [0.1, 0.15) is 31.2 Å². The topological polar surface area (TPSA) is 18.5 Å². The smallest absolute Gasteiger partial charge is 0.201 e. The predicted octanol–water partition coefficient (Wildman–Crippen LogP) is 7.29. The van der Waals surface area contributed by atoms with E-state index in [4.69, 9.17) is 9.47 Å². The van der Waals surface area contributed by atoms with Gasteiger partial charge in [-0.15, -0.1) is 0 Å². The van der Waals surface area contributed by atoms with Crippen molar-refractivity contribution < 1.29 is 22.6 Å². The largest absolute Gasteiger partial charge is 0.494 e. The molecule has 2 nitrogen and oxygen atoms in total. The molecule has 1 saturated heterocycles. The van der Waals surface area contributed by atoms with Gasteiger partial charge in [-0.3, -0.25) is 0 Å². The Morgan fingerprint density at radius 1 is 0.875 bits per heavy atom. The highest BCUT2D eigenvalue weighted by Gasteiger charge is 2.22. The van der Waals surface area contributed by atoms with Crippen molar-refractivity contribution in [2.24, 2.45) is 0 Å². The molecule has 0 amide bonds. The van der Waals surface area contributed by atoms with Crippen molar-refractivity contribution in [3.8, 4) is 28.0 Å². The molecule has 3 aromatic rings. The Kier molecular flexibility index (Phi) is 6.66. The Labute approximate surface area is 186 Å². The first kappa shape index (κ1) is 22.2. The first-order chi connectivity index (χ1) is 15.5. The van der Waals surface area contributed by atoms with Crippen molar-refractivity contribution in [3.63, 3.8) is 0 Å². The van der Waals surface area contributed by atoms with Gasteiger partial charge >= 0.3 is 0 Å². The second kappa shape index (κ2) is 9.61. The van der Waals surface area contributed by atoms with E-state index >= 15 is 0 Å². The maximum absolute atomic E-state index is 14.9. The average Bonchev–Trinajstić information content (AvgIpc) is 2.82. The Hall–Kier alpha value is -3.05. The highest BCUT2D eigenvalue weighted by atomic mass is 19.2. The molecular formula is C27H25F3O2. The van der Waals surface area contributed by atoms with Crippen LogP contribution in [0.5, 0.6) is 5.75 Å². The molecule has 0 aliphatic carbocycles. The summed E-state index contributed by atoms with van der Waals surface area (Å²) in [7, 11) is 1.29. The van der Waals surface area contributed by atoms with Gasteiger partial charge < -0.3 is 9.47 Å². The Bertz CT molecular complexity index is 1110. The van der Waals surface area contributed by atoms with Gasteiger partial charge in [0.2, 0.25) is 5.82 Å². The first-order valence-electron chi connectivity index (χ1n) is 10.7. The lowest BCUT2D eigenvalue weighted by atomic mass is 9.89. The van der Waals surface area contributed by atoms with Crippen LogP contribution in [0, 0.1) is 17.5 Å². The third-order valence-corrected chi connectivity index (χ3v) is 5.96. The van der Waals surface area contributed by atoms with Gasteiger partial charge in [0, 0.05) is 17.0 Å². The van der Waals surface area contributed by atoms with Crippen molar-refractivity contribution in [2.75, 3.05) is 13.7 Å². The normalized spacial score (nSPS) is 18.8. The van der Waals surface area contributed by atoms with Crippen LogP contribution in [-0.4, -0.2) is 19.8 Å². The maximum atomic E-state index is 14.9. The van der Waals surface area contributed by atoms with E-state index in [1.807, 2.05) is 19.1 Å². The molecule has 0 bridgehead atoms. The number of allylic oxidation sites excluding steroid dienone is 1. The molecular weight excluding hydrogens is 413 g/mol. The molecule has 0 aromatic heterocycles.